The SMILES string of the molecule is CN(N)C(=O)CC(N)c1cccs1. The van der Waals surface area contributed by atoms with E-state index in [1.165, 1.54) is 7.05 Å². The van der Waals surface area contributed by atoms with Gasteiger partial charge in [-0.2, -0.15) is 0 Å². The predicted octanol–water partition coefficient (Wildman–Crippen LogP) is 0.470. The lowest BCUT2D eigenvalue weighted by Crippen LogP contribution is -2.35. The van der Waals surface area contributed by atoms with Crippen LogP contribution in [0.5, 0.6) is 0 Å². The molecule has 0 saturated heterocycles. The molecule has 0 bridgehead atoms. The van der Waals surface area contributed by atoms with E-state index >= 15 is 0 Å². The highest BCUT2D eigenvalue weighted by Crippen LogP contribution is 2.19. The van der Waals surface area contributed by atoms with Crippen LogP contribution in [0.15, 0.2) is 17.5 Å². The summed E-state index contributed by atoms with van der Waals surface area (Å²) in [5, 5.41) is 3.00. The smallest absolute Gasteiger partial charge is 0.238 e. The normalized spacial score (nSPS) is 12.5. The Labute approximate surface area is 81.1 Å². The van der Waals surface area contributed by atoms with Crippen molar-refractivity contribution in [1.29, 1.82) is 0 Å². The fraction of sp³-hybridized carbons (Fsp3) is 0.375. The molecule has 13 heavy (non-hydrogen) atoms. The summed E-state index contributed by atoms with van der Waals surface area (Å²) in [5.74, 6) is 5.12. The second-order valence-corrected chi connectivity index (χ2v) is 3.81. The molecule has 5 heteroatoms. The summed E-state index contributed by atoms with van der Waals surface area (Å²) in [7, 11) is 1.52. The molecule has 0 spiro atoms. The number of nitrogens with zero attached hydrogens (tertiary/aromatic N) is 1. The van der Waals surface area contributed by atoms with Crippen molar-refractivity contribution in [2.75, 3.05) is 7.05 Å². The van der Waals surface area contributed by atoms with Crippen molar-refractivity contribution in [2.24, 2.45) is 11.6 Å². The van der Waals surface area contributed by atoms with Gasteiger partial charge in [-0.25, -0.2) is 5.84 Å². The number of amides is 1. The van der Waals surface area contributed by atoms with Gasteiger partial charge in [-0.1, -0.05) is 6.07 Å². The van der Waals surface area contributed by atoms with Crippen LogP contribution < -0.4 is 11.6 Å². The molecule has 0 aliphatic rings. The number of thiophene rings is 1. The lowest BCUT2D eigenvalue weighted by atomic mass is 10.2. The van der Waals surface area contributed by atoms with Gasteiger partial charge in [0.2, 0.25) is 5.91 Å². The molecular weight excluding hydrogens is 186 g/mol. The van der Waals surface area contributed by atoms with Crippen molar-refractivity contribution in [2.45, 2.75) is 12.5 Å². The summed E-state index contributed by atoms with van der Waals surface area (Å²) in [5.41, 5.74) is 5.79. The van der Waals surface area contributed by atoms with Crippen LogP contribution in [-0.4, -0.2) is 18.0 Å². The van der Waals surface area contributed by atoms with Crippen LogP contribution >= 0.6 is 11.3 Å². The third-order valence-electron chi connectivity index (χ3n) is 1.70. The monoisotopic (exact) mass is 199 g/mol. The number of hydrazine groups is 1. The molecule has 1 heterocycles. The highest BCUT2D eigenvalue weighted by Gasteiger charge is 2.13. The van der Waals surface area contributed by atoms with E-state index in [1.807, 2.05) is 17.5 Å². The highest BCUT2D eigenvalue weighted by atomic mass is 32.1. The first-order valence-corrected chi connectivity index (χ1v) is 4.79. The van der Waals surface area contributed by atoms with E-state index in [4.69, 9.17) is 11.6 Å². The predicted molar refractivity (Wildman–Crippen MR) is 52.8 cm³/mol. The van der Waals surface area contributed by atoms with Crippen LogP contribution in [0.1, 0.15) is 17.3 Å². The van der Waals surface area contributed by atoms with Gasteiger partial charge in [0, 0.05) is 24.4 Å². The molecule has 4 N–H and O–H groups in total. The van der Waals surface area contributed by atoms with Gasteiger partial charge < -0.3 is 5.73 Å². The van der Waals surface area contributed by atoms with E-state index in [0.717, 1.165) is 9.89 Å². The Bertz CT molecular complexity index is 271. The lowest BCUT2D eigenvalue weighted by Gasteiger charge is -2.13. The van der Waals surface area contributed by atoms with E-state index in [9.17, 15) is 4.79 Å². The van der Waals surface area contributed by atoms with Gasteiger partial charge in [0.15, 0.2) is 0 Å². The van der Waals surface area contributed by atoms with Crippen molar-refractivity contribution >= 4 is 17.2 Å². The first-order chi connectivity index (χ1) is 6.11. The van der Waals surface area contributed by atoms with Gasteiger partial charge >= 0.3 is 0 Å². The Morgan fingerprint density at radius 3 is 2.92 bits per heavy atom. The van der Waals surface area contributed by atoms with Gasteiger partial charge in [-0.15, -0.1) is 11.3 Å². The number of carbonyl (C=O) groups excluding carboxylic acids is 1. The Hall–Kier alpha value is -0.910. The molecule has 4 nitrogen and oxygen atoms in total. The summed E-state index contributed by atoms with van der Waals surface area (Å²) >= 11 is 1.55. The summed E-state index contributed by atoms with van der Waals surface area (Å²) in [6.45, 7) is 0. The Morgan fingerprint density at radius 1 is 1.77 bits per heavy atom. The van der Waals surface area contributed by atoms with Crippen LogP contribution in [0, 0.1) is 0 Å². The molecule has 0 aliphatic heterocycles. The van der Waals surface area contributed by atoms with E-state index in [1.54, 1.807) is 11.3 Å². The van der Waals surface area contributed by atoms with Crippen molar-refractivity contribution in [3.05, 3.63) is 22.4 Å². The first-order valence-electron chi connectivity index (χ1n) is 3.91. The summed E-state index contributed by atoms with van der Waals surface area (Å²) in [6, 6.07) is 3.59. The molecule has 0 aliphatic carbocycles. The fourth-order valence-electron chi connectivity index (χ4n) is 0.935. The van der Waals surface area contributed by atoms with E-state index in [2.05, 4.69) is 0 Å². The van der Waals surface area contributed by atoms with Gasteiger partial charge in [0.05, 0.1) is 0 Å². The zero-order chi connectivity index (χ0) is 9.84. The van der Waals surface area contributed by atoms with Crippen molar-refractivity contribution in [1.82, 2.24) is 5.01 Å². The minimum atomic E-state index is -0.238. The topological polar surface area (TPSA) is 72.3 Å². The number of hydrogen-bond donors (Lipinski definition) is 2. The first kappa shape index (κ1) is 10.2. The Kier molecular flexibility index (Phi) is 3.41. The van der Waals surface area contributed by atoms with Gasteiger partial charge in [0.1, 0.15) is 0 Å². The van der Waals surface area contributed by atoms with E-state index < -0.39 is 0 Å². The highest BCUT2D eigenvalue weighted by molar-refractivity contribution is 7.10. The standard InChI is InChI=1S/C8H13N3OS/c1-11(10)8(12)5-6(9)7-3-2-4-13-7/h2-4,6H,5,9-10H2,1H3. The largest absolute Gasteiger partial charge is 0.323 e. The molecule has 1 rings (SSSR count). The molecule has 72 valence electrons. The third kappa shape index (κ3) is 2.80. The van der Waals surface area contributed by atoms with Crippen LogP contribution in [0.3, 0.4) is 0 Å². The maximum atomic E-state index is 11.2. The average Bonchev–Trinajstić information content (AvgIpc) is 2.55. The quantitative estimate of drug-likeness (QED) is 0.422. The van der Waals surface area contributed by atoms with Crippen molar-refractivity contribution in [3.63, 3.8) is 0 Å². The molecule has 1 aromatic heterocycles. The summed E-state index contributed by atoms with van der Waals surface area (Å²) < 4.78 is 0. The van der Waals surface area contributed by atoms with Crippen LogP contribution in [0.2, 0.25) is 0 Å². The number of rotatable bonds is 3. The minimum absolute atomic E-state index is 0.152. The zero-order valence-electron chi connectivity index (χ0n) is 7.43. The van der Waals surface area contributed by atoms with Crippen LogP contribution in [0.4, 0.5) is 0 Å². The maximum Gasteiger partial charge on any atom is 0.238 e. The molecule has 0 aromatic carbocycles. The van der Waals surface area contributed by atoms with E-state index in [0.29, 0.717) is 0 Å². The molecule has 0 saturated carbocycles. The lowest BCUT2D eigenvalue weighted by molar-refractivity contribution is -0.130. The molecule has 1 atom stereocenters. The molecule has 1 aromatic rings. The Balaban J connectivity index is 2.51. The fourth-order valence-corrected chi connectivity index (χ4v) is 1.66. The van der Waals surface area contributed by atoms with Crippen LogP contribution in [0.25, 0.3) is 0 Å². The Morgan fingerprint density at radius 2 is 2.46 bits per heavy atom. The van der Waals surface area contributed by atoms with Crippen molar-refractivity contribution < 1.29 is 4.79 Å². The maximum absolute atomic E-state index is 11.2. The molecule has 0 radical (unpaired) electrons. The summed E-state index contributed by atoms with van der Waals surface area (Å²) in [6.07, 6.45) is 0.257. The molecular formula is C8H13N3OS. The average molecular weight is 199 g/mol. The third-order valence-corrected chi connectivity index (χ3v) is 2.70. The summed E-state index contributed by atoms with van der Waals surface area (Å²) in [4.78, 5) is 12.2. The molecule has 0 fully saturated rings. The van der Waals surface area contributed by atoms with Crippen molar-refractivity contribution in [3.8, 4) is 0 Å². The number of carbonyl (C=O) groups is 1. The number of nitrogens with two attached hydrogens (primary N) is 2. The van der Waals surface area contributed by atoms with Gasteiger partial charge in [-0.3, -0.25) is 9.80 Å². The molecule has 1 unspecified atom stereocenters. The zero-order valence-corrected chi connectivity index (χ0v) is 8.25. The van der Waals surface area contributed by atoms with E-state index in [-0.39, 0.29) is 18.4 Å². The second-order valence-electron chi connectivity index (χ2n) is 2.83. The minimum Gasteiger partial charge on any atom is -0.323 e. The second kappa shape index (κ2) is 4.36. The van der Waals surface area contributed by atoms with Gasteiger partial charge in [0.25, 0.3) is 0 Å². The van der Waals surface area contributed by atoms with Crippen LogP contribution in [-0.2, 0) is 4.79 Å². The number of hydrogen-bond acceptors (Lipinski definition) is 4. The van der Waals surface area contributed by atoms with Gasteiger partial charge in [-0.05, 0) is 11.4 Å². The molecule has 1 amide bonds.